The van der Waals surface area contributed by atoms with E-state index in [4.69, 9.17) is 0 Å². The Balaban J connectivity index is 1.60. The number of amides is 1. The maximum absolute atomic E-state index is 14.1. The minimum Gasteiger partial charge on any atom is -0.356 e. The quantitative estimate of drug-likeness (QED) is 0.849. The van der Waals surface area contributed by atoms with Crippen molar-refractivity contribution in [3.8, 4) is 0 Å². The van der Waals surface area contributed by atoms with Gasteiger partial charge in [-0.3, -0.25) is 4.79 Å². The molecule has 5 rings (SSSR count). The Kier molecular flexibility index (Phi) is 3.81. The highest BCUT2D eigenvalue weighted by molar-refractivity contribution is 5.89. The van der Waals surface area contributed by atoms with E-state index in [1.165, 1.54) is 6.92 Å². The number of alkyl halides is 2. The molecule has 0 atom stereocenters. The van der Waals surface area contributed by atoms with Crippen LogP contribution in [-0.4, -0.2) is 40.5 Å². The van der Waals surface area contributed by atoms with Gasteiger partial charge in [-0.25, -0.2) is 15.0 Å². The zero-order valence-corrected chi connectivity index (χ0v) is 16.4. The number of fused-ring (bicyclic) bond motifs is 2. The maximum atomic E-state index is 14.1. The molecule has 2 aromatic rings. The normalized spacial score (nSPS) is 19.2. The molecule has 0 radical (unpaired) electrons. The maximum Gasteiger partial charge on any atom is 0.303 e. The summed E-state index contributed by atoms with van der Waals surface area (Å²) in [4.78, 5) is 28.1. The second-order valence-corrected chi connectivity index (χ2v) is 8.27. The molecule has 3 aliphatic rings. The molecule has 29 heavy (non-hydrogen) atoms. The van der Waals surface area contributed by atoms with Crippen molar-refractivity contribution in [2.45, 2.75) is 44.4 Å². The average Bonchev–Trinajstić information content (AvgIpc) is 3.29. The van der Waals surface area contributed by atoms with Gasteiger partial charge in [0.2, 0.25) is 11.7 Å². The lowest BCUT2D eigenvalue weighted by Crippen LogP contribution is -2.38. The molecule has 1 aliphatic carbocycles. The van der Waals surface area contributed by atoms with Gasteiger partial charge >= 0.3 is 5.92 Å². The lowest BCUT2D eigenvalue weighted by molar-refractivity contribution is -0.114. The third-order valence-corrected chi connectivity index (χ3v) is 5.91. The number of carbonyl (C=O) groups excluding carboxylic acids is 1. The number of hydrogen-bond acceptors (Lipinski definition) is 6. The fourth-order valence-corrected chi connectivity index (χ4v) is 4.05. The standard InChI is InChI=1S/C20H22F2N6O/c1-12(29)24-15-8-14-13(10-23-15)20(4-5-20)11-28(14)17-9-16(27-6-3-7-27)25-18(26-17)19(2,21)22/h8-10H,3-7,11H2,1-2H3,(H,23,24,29). The van der Waals surface area contributed by atoms with E-state index in [9.17, 15) is 13.6 Å². The molecule has 1 saturated carbocycles. The van der Waals surface area contributed by atoms with Gasteiger partial charge in [-0.1, -0.05) is 0 Å². The topological polar surface area (TPSA) is 74.2 Å². The SMILES string of the molecule is CC(=O)Nc1cc2c(cn1)C1(CC1)CN2c1cc(N2CCC2)nc(C(C)(F)F)n1. The van der Waals surface area contributed by atoms with Gasteiger partial charge in [0, 0.05) is 62.8 Å². The van der Waals surface area contributed by atoms with Crippen LogP contribution in [0.5, 0.6) is 0 Å². The van der Waals surface area contributed by atoms with E-state index in [0.717, 1.165) is 50.5 Å². The Morgan fingerprint density at radius 2 is 1.93 bits per heavy atom. The zero-order valence-electron chi connectivity index (χ0n) is 16.4. The fraction of sp³-hybridized carbons (Fsp3) is 0.500. The van der Waals surface area contributed by atoms with Gasteiger partial charge in [0.15, 0.2) is 0 Å². The van der Waals surface area contributed by atoms with E-state index in [2.05, 4.69) is 20.3 Å². The number of rotatable bonds is 4. The first-order valence-corrected chi connectivity index (χ1v) is 9.83. The molecule has 9 heteroatoms. The van der Waals surface area contributed by atoms with Gasteiger partial charge in [-0.15, -0.1) is 0 Å². The van der Waals surface area contributed by atoms with Gasteiger partial charge in [-0.2, -0.15) is 8.78 Å². The van der Waals surface area contributed by atoms with E-state index in [1.54, 1.807) is 18.3 Å². The van der Waals surface area contributed by atoms with E-state index in [1.807, 2.05) is 9.80 Å². The Morgan fingerprint density at radius 1 is 1.21 bits per heavy atom. The van der Waals surface area contributed by atoms with Gasteiger partial charge in [-0.05, 0) is 19.3 Å². The number of halogens is 2. The van der Waals surface area contributed by atoms with E-state index < -0.39 is 11.7 Å². The minimum atomic E-state index is -3.13. The molecule has 7 nitrogen and oxygen atoms in total. The lowest BCUT2D eigenvalue weighted by atomic mass is 10.0. The predicted octanol–water partition coefficient (Wildman–Crippen LogP) is 3.34. The highest BCUT2D eigenvalue weighted by Crippen LogP contribution is 2.58. The minimum absolute atomic E-state index is 0.00610. The van der Waals surface area contributed by atoms with Crippen molar-refractivity contribution in [1.29, 1.82) is 0 Å². The average molecular weight is 400 g/mol. The van der Waals surface area contributed by atoms with Crippen molar-refractivity contribution in [2.24, 2.45) is 0 Å². The van der Waals surface area contributed by atoms with Crippen LogP contribution in [0.25, 0.3) is 0 Å². The smallest absolute Gasteiger partial charge is 0.303 e. The van der Waals surface area contributed by atoms with Crippen molar-refractivity contribution in [1.82, 2.24) is 15.0 Å². The van der Waals surface area contributed by atoms with Crippen LogP contribution < -0.4 is 15.1 Å². The second kappa shape index (κ2) is 6.08. The molecule has 1 saturated heterocycles. The zero-order chi connectivity index (χ0) is 20.4. The summed E-state index contributed by atoms with van der Waals surface area (Å²) in [6, 6.07) is 3.59. The molecule has 2 aromatic heterocycles. The molecule has 1 amide bonds. The molecule has 152 valence electrons. The van der Waals surface area contributed by atoms with Crippen LogP contribution >= 0.6 is 0 Å². The second-order valence-electron chi connectivity index (χ2n) is 8.27. The Morgan fingerprint density at radius 3 is 2.52 bits per heavy atom. The number of carbonyl (C=O) groups is 1. The van der Waals surface area contributed by atoms with E-state index in [-0.39, 0.29) is 11.3 Å². The molecule has 2 fully saturated rings. The molecule has 4 heterocycles. The Labute approximate surface area is 167 Å². The summed E-state index contributed by atoms with van der Waals surface area (Å²) in [7, 11) is 0. The summed E-state index contributed by atoms with van der Waals surface area (Å²) >= 11 is 0. The molecule has 0 aromatic carbocycles. The first kappa shape index (κ1) is 18.2. The molecular weight excluding hydrogens is 378 g/mol. The van der Waals surface area contributed by atoms with E-state index in [0.29, 0.717) is 24.0 Å². The summed E-state index contributed by atoms with van der Waals surface area (Å²) in [5.74, 6) is -2.37. The number of anilines is 4. The van der Waals surface area contributed by atoms with Crippen molar-refractivity contribution in [3.05, 3.63) is 29.7 Å². The van der Waals surface area contributed by atoms with Crippen LogP contribution in [0.4, 0.5) is 31.9 Å². The molecular formula is C20H22F2N6O. The summed E-state index contributed by atoms with van der Waals surface area (Å²) in [6.45, 7) is 4.53. The first-order chi connectivity index (χ1) is 13.7. The third kappa shape index (κ3) is 3.08. The molecule has 0 bridgehead atoms. The van der Waals surface area contributed by atoms with Crippen LogP contribution in [0.15, 0.2) is 18.3 Å². The van der Waals surface area contributed by atoms with Crippen LogP contribution in [0.2, 0.25) is 0 Å². The largest absolute Gasteiger partial charge is 0.356 e. The number of nitrogens with one attached hydrogen (secondary N) is 1. The summed E-state index contributed by atoms with van der Waals surface area (Å²) in [5, 5.41) is 2.70. The van der Waals surface area contributed by atoms with Crippen molar-refractivity contribution < 1.29 is 13.6 Å². The highest BCUT2D eigenvalue weighted by Gasteiger charge is 2.53. The first-order valence-electron chi connectivity index (χ1n) is 9.83. The highest BCUT2D eigenvalue weighted by atomic mass is 19.3. The van der Waals surface area contributed by atoms with Gasteiger partial charge in [0.25, 0.3) is 0 Å². The summed E-state index contributed by atoms with van der Waals surface area (Å²) in [5.41, 5.74) is 1.94. The van der Waals surface area contributed by atoms with Crippen LogP contribution in [0.3, 0.4) is 0 Å². The van der Waals surface area contributed by atoms with Gasteiger partial charge < -0.3 is 15.1 Å². The summed E-state index contributed by atoms with van der Waals surface area (Å²) in [6.07, 6.45) is 4.87. The number of nitrogens with zero attached hydrogens (tertiary/aromatic N) is 5. The Bertz CT molecular complexity index is 997. The van der Waals surface area contributed by atoms with Gasteiger partial charge in [0.05, 0.1) is 5.69 Å². The molecule has 0 unspecified atom stereocenters. The predicted molar refractivity (Wildman–Crippen MR) is 105 cm³/mol. The van der Waals surface area contributed by atoms with E-state index >= 15 is 0 Å². The number of pyridine rings is 1. The van der Waals surface area contributed by atoms with Crippen molar-refractivity contribution in [3.63, 3.8) is 0 Å². The number of aromatic nitrogens is 3. The van der Waals surface area contributed by atoms with Crippen LogP contribution in [-0.2, 0) is 16.1 Å². The third-order valence-electron chi connectivity index (χ3n) is 5.91. The summed E-state index contributed by atoms with van der Waals surface area (Å²) < 4.78 is 28.3. The van der Waals surface area contributed by atoms with Crippen molar-refractivity contribution in [2.75, 3.05) is 34.8 Å². The van der Waals surface area contributed by atoms with Crippen LogP contribution in [0.1, 0.15) is 44.5 Å². The Hall–Kier alpha value is -2.84. The fourth-order valence-electron chi connectivity index (χ4n) is 4.05. The lowest BCUT2D eigenvalue weighted by Gasteiger charge is -2.33. The van der Waals surface area contributed by atoms with Crippen LogP contribution in [0, 0.1) is 0 Å². The van der Waals surface area contributed by atoms with Crippen molar-refractivity contribution >= 4 is 29.0 Å². The van der Waals surface area contributed by atoms with Gasteiger partial charge in [0.1, 0.15) is 17.5 Å². The molecule has 1 spiro atoms. The monoisotopic (exact) mass is 400 g/mol. The number of hydrogen-bond donors (Lipinski definition) is 1. The molecule has 1 N–H and O–H groups in total. The molecule has 2 aliphatic heterocycles.